The molecule has 1 aromatic rings. The molecular formula is C15H23N3O. The molecule has 1 aromatic heterocycles. The van der Waals surface area contributed by atoms with Crippen LogP contribution in [-0.4, -0.2) is 35.8 Å². The van der Waals surface area contributed by atoms with Gasteiger partial charge in [0.2, 0.25) is 0 Å². The lowest BCUT2D eigenvalue weighted by Gasteiger charge is -2.32. The Morgan fingerprint density at radius 3 is 2.58 bits per heavy atom. The number of aliphatic hydroxyl groups excluding tert-OH is 1. The molecular weight excluding hydrogens is 238 g/mol. The molecule has 4 nitrogen and oxygen atoms in total. The minimum atomic E-state index is 0.326. The summed E-state index contributed by atoms with van der Waals surface area (Å²) in [5.41, 5.74) is 1.26. The molecule has 1 saturated carbocycles. The predicted molar refractivity (Wildman–Crippen MR) is 76.1 cm³/mol. The van der Waals surface area contributed by atoms with Crippen molar-refractivity contribution in [2.24, 2.45) is 5.92 Å². The quantitative estimate of drug-likeness (QED) is 0.844. The summed E-state index contributed by atoms with van der Waals surface area (Å²) in [4.78, 5) is 6.90. The van der Waals surface area contributed by atoms with Gasteiger partial charge < -0.3 is 15.3 Å². The van der Waals surface area contributed by atoms with Crippen molar-refractivity contribution in [3.63, 3.8) is 0 Å². The number of aliphatic hydroxyl groups is 1. The van der Waals surface area contributed by atoms with E-state index in [1.54, 1.807) is 0 Å². The normalized spacial score (nSPS) is 20.8. The Bertz CT molecular complexity index is 394. The molecule has 3 rings (SSSR count). The molecule has 104 valence electrons. The fourth-order valence-electron chi connectivity index (χ4n) is 2.60. The Balaban J connectivity index is 1.53. The van der Waals surface area contributed by atoms with Gasteiger partial charge in [-0.15, -0.1) is 0 Å². The average Bonchev–Trinajstić information content (AvgIpc) is 3.30. The van der Waals surface area contributed by atoms with Crippen molar-refractivity contribution in [2.45, 2.75) is 38.3 Å². The van der Waals surface area contributed by atoms with Crippen LogP contribution in [0.4, 0.5) is 5.82 Å². The molecule has 0 bridgehead atoms. The second kappa shape index (κ2) is 5.88. The van der Waals surface area contributed by atoms with E-state index in [0.29, 0.717) is 12.5 Å². The van der Waals surface area contributed by atoms with Crippen LogP contribution in [0.25, 0.3) is 0 Å². The smallest absolute Gasteiger partial charge is 0.128 e. The van der Waals surface area contributed by atoms with Crippen LogP contribution in [0.1, 0.15) is 31.2 Å². The number of piperidine rings is 1. The number of pyridine rings is 1. The van der Waals surface area contributed by atoms with Gasteiger partial charge in [0.15, 0.2) is 0 Å². The summed E-state index contributed by atoms with van der Waals surface area (Å²) < 4.78 is 0. The molecule has 1 aliphatic heterocycles. The molecule has 2 N–H and O–H groups in total. The van der Waals surface area contributed by atoms with Crippen molar-refractivity contribution in [3.8, 4) is 0 Å². The van der Waals surface area contributed by atoms with Crippen molar-refractivity contribution in [1.29, 1.82) is 0 Å². The topological polar surface area (TPSA) is 48.4 Å². The molecule has 0 amide bonds. The highest BCUT2D eigenvalue weighted by Crippen LogP contribution is 2.22. The summed E-state index contributed by atoms with van der Waals surface area (Å²) in [6, 6.07) is 5.05. The fourth-order valence-corrected chi connectivity index (χ4v) is 2.60. The second-order valence-electron chi connectivity index (χ2n) is 5.79. The highest BCUT2D eigenvalue weighted by Gasteiger charge is 2.21. The lowest BCUT2D eigenvalue weighted by atomic mass is 9.98. The lowest BCUT2D eigenvalue weighted by Crippen LogP contribution is -2.35. The van der Waals surface area contributed by atoms with Crippen LogP contribution in [0.15, 0.2) is 18.3 Å². The first-order valence-corrected chi connectivity index (χ1v) is 7.39. The number of nitrogens with one attached hydrogen (secondary N) is 1. The Hall–Kier alpha value is -1.13. The van der Waals surface area contributed by atoms with Gasteiger partial charge in [0.05, 0.1) is 0 Å². The third kappa shape index (κ3) is 3.45. The van der Waals surface area contributed by atoms with E-state index < -0.39 is 0 Å². The second-order valence-corrected chi connectivity index (χ2v) is 5.79. The minimum absolute atomic E-state index is 0.326. The van der Waals surface area contributed by atoms with Crippen LogP contribution in [0, 0.1) is 5.92 Å². The van der Waals surface area contributed by atoms with E-state index in [9.17, 15) is 0 Å². The van der Waals surface area contributed by atoms with Crippen LogP contribution >= 0.6 is 0 Å². The molecule has 2 aliphatic rings. The number of aromatic nitrogens is 1. The van der Waals surface area contributed by atoms with Crippen molar-refractivity contribution >= 4 is 5.82 Å². The first-order chi connectivity index (χ1) is 9.35. The van der Waals surface area contributed by atoms with Gasteiger partial charge in [0.25, 0.3) is 0 Å². The fraction of sp³-hybridized carbons (Fsp3) is 0.667. The molecule has 0 aromatic carbocycles. The molecule has 0 atom stereocenters. The van der Waals surface area contributed by atoms with Gasteiger partial charge >= 0.3 is 0 Å². The van der Waals surface area contributed by atoms with Crippen LogP contribution in [0.3, 0.4) is 0 Å². The summed E-state index contributed by atoms with van der Waals surface area (Å²) in [6.07, 6.45) is 6.78. The zero-order chi connectivity index (χ0) is 13.1. The Morgan fingerprint density at radius 1 is 1.21 bits per heavy atom. The van der Waals surface area contributed by atoms with Gasteiger partial charge in [-0.25, -0.2) is 4.98 Å². The molecule has 1 aliphatic carbocycles. The van der Waals surface area contributed by atoms with Crippen molar-refractivity contribution in [3.05, 3.63) is 23.9 Å². The van der Waals surface area contributed by atoms with Gasteiger partial charge in [0, 0.05) is 38.5 Å². The van der Waals surface area contributed by atoms with Gasteiger partial charge in [-0.2, -0.15) is 0 Å². The van der Waals surface area contributed by atoms with Gasteiger partial charge in [-0.3, -0.25) is 0 Å². The molecule has 2 fully saturated rings. The molecule has 4 heteroatoms. The zero-order valence-corrected chi connectivity index (χ0v) is 11.4. The number of anilines is 1. The van der Waals surface area contributed by atoms with Crippen LogP contribution in [0.5, 0.6) is 0 Å². The summed E-state index contributed by atoms with van der Waals surface area (Å²) in [6.45, 7) is 3.29. The first kappa shape index (κ1) is 12.9. The Labute approximate surface area is 114 Å². The summed E-state index contributed by atoms with van der Waals surface area (Å²) >= 11 is 0. The van der Waals surface area contributed by atoms with E-state index >= 15 is 0 Å². The number of hydrogen-bond donors (Lipinski definition) is 2. The SMILES string of the molecule is OCC1CCN(c2ccc(CNC3CC3)cn2)CC1. The van der Waals surface area contributed by atoms with E-state index in [1.807, 2.05) is 6.20 Å². The van der Waals surface area contributed by atoms with Crippen LogP contribution in [0.2, 0.25) is 0 Å². The molecule has 19 heavy (non-hydrogen) atoms. The molecule has 0 radical (unpaired) electrons. The van der Waals surface area contributed by atoms with E-state index in [0.717, 1.165) is 44.3 Å². The third-order valence-electron chi connectivity index (χ3n) is 4.18. The third-order valence-corrected chi connectivity index (χ3v) is 4.18. The Morgan fingerprint density at radius 2 is 2.00 bits per heavy atom. The van der Waals surface area contributed by atoms with Crippen LogP contribution in [-0.2, 0) is 6.54 Å². The van der Waals surface area contributed by atoms with Gasteiger partial charge in [-0.1, -0.05) is 6.07 Å². The maximum absolute atomic E-state index is 9.15. The van der Waals surface area contributed by atoms with E-state index in [4.69, 9.17) is 5.11 Å². The van der Waals surface area contributed by atoms with Crippen molar-refractivity contribution < 1.29 is 5.11 Å². The zero-order valence-electron chi connectivity index (χ0n) is 11.4. The maximum atomic E-state index is 9.15. The highest BCUT2D eigenvalue weighted by molar-refractivity contribution is 5.39. The minimum Gasteiger partial charge on any atom is -0.396 e. The summed E-state index contributed by atoms with van der Waals surface area (Å²) in [7, 11) is 0. The molecule has 1 saturated heterocycles. The van der Waals surface area contributed by atoms with Crippen molar-refractivity contribution in [1.82, 2.24) is 10.3 Å². The maximum Gasteiger partial charge on any atom is 0.128 e. The van der Waals surface area contributed by atoms with Crippen LogP contribution < -0.4 is 10.2 Å². The first-order valence-electron chi connectivity index (χ1n) is 7.39. The number of rotatable bonds is 5. The van der Waals surface area contributed by atoms with Gasteiger partial charge in [0.1, 0.15) is 5.82 Å². The van der Waals surface area contributed by atoms with E-state index in [-0.39, 0.29) is 0 Å². The molecule has 2 heterocycles. The highest BCUT2D eigenvalue weighted by atomic mass is 16.3. The standard InChI is InChI=1S/C15H23N3O/c19-11-12-5-7-18(8-6-12)15-4-1-13(10-17-15)9-16-14-2-3-14/h1,4,10,12,14,16,19H,2-3,5-9,11H2. The number of hydrogen-bond acceptors (Lipinski definition) is 4. The summed E-state index contributed by atoms with van der Waals surface area (Å²) in [5.74, 6) is 1.56. The predicted octanol–water partition coefficient (Wildman–Crippen LogP) is 1.54. The van der Waals surface area contributed by atoms with Crippen molar-refractivity contribution in [2.75, 3.05) is 24.6 Å². The lowest BCUT2D eigenvalue weighted by molar-refractivity contribution is 0.203. The summed E-state index contributed by atoms with van der Waals surface area (Å²) in [5, 5.41) is 12.7. The Kier molecular flexibility index (Phi) is 3.99. The van der Waals surface area contributed by atoms with Gasteiger partial charge in [-0.05, 0) is 43.2 Å². The largest absolute Gasteiger partial charge is 0.396 e. The van der Waals surface area contributed by atoms with E-state index in [2.05, 4.69) is 27.3 Å². The molecule has 0 unspecified atom stereocenters. The van der Waals surface area contributed by atoms with E-state index in [1.165, 1.54) is 18.4 Å². The monoisotopic (exact) mass is 261 g/mol. The average molecular weight is 261 g/mol. The molecule has 0 spiro atoms. The number of nitrogens with zero attached hydrogens (tertiary/aromatic N) is 2.